The van der Waals surface area contributed by atoms with Crippen molar-refractivity contribution in [1.82, 2.24) is 19.9 Å². The van der Waals surface area contributed by atoms with E-state index < -0.39 is 9.84 Å². The molecule has 0 bridgehead atoms. The molecule has 26 heavy (non-hydrogen) atoms. The van der Waals surface area contributed by atoms with Gasteiger partial charge >= 0.3 is 0 Å². The first-order valence-corrected chi connectivity index (χ1v) is 11.8. The highest BCUT2D eigenvalue weighted by Gasteiger charge is 2.27. The zero-order valence-corrected chi connectivity index (χ0v) is 17.1. The lowest BCUT2D eigenvalue weighted by molar-refractivity contribution is 0.202. The largest absolute Gasteiger partial charge is 0.299 e. The number of likely N-dealkylation sites (tertiary alicyclic amines) is 1. The minimum absolute atomic E-state index is 0.128. The van der Waals surface area contributed by atoms with Gasteiger partial charge in [0.1, 0.15) is 0 Å². The Bertz CT molecular complexity index is 867. The standard InChI is InChI=1S/C17H21ClN4O2S2/c1-25-17-20-8-12(9-21-17)11-22-5-3-13(4-6-22)16-15(26(2,23)24)7-14(18)10-19-16/h7-10,13H,3-6,11H2,1-2H3. The zero-order chi connectivity index (χ0) is 18.7. The van der Waals surface area contributed by atoms with Gasteiger partial charge in [-0.2, -0.15) is 0 Å². The average molecular weight is 413 g/mol. The van der Waals surface area contributed by atoms with Crippen LogP contribution in [0.25, 0.3) is 0 Å². The summed E-state index contributed by atoms with van der Waals surface area (Å²) in [7, 11) is -3.35. The molecule has 0 aromatic carbocycles. The van der Waals surface area contributed by atoms with E-state index >= 15 is 0 Å². The van der Waals surface area contributed by atoms with Crippen LogP contribution in [0.15, 0.2) is 34.7 Å². The number of nitrogens with zero attached hydrogens (tertiary/aromatic N) is 4. The van der Waals surface area contributed by atoms with E-state index in [9.17, 15) is 8.42 Å². The maximum atomic E-state index is 12.1. The number of hydrogen-bond acceptors (Lipinski definition) is 7. The summed E-state index contributed by atoms with van der Waals surface area (Å²) in [4.78, 5) is 15.6. The van der Waals surface area contributed by atoms with Crippen molar-refractivity contribution in [1.29, 1.82) is 0 Å². The van der Waals surface area contributed by atoms with Crippen LogP contribution in [0.5, 0.6) is 0 Å². The van der Waals surface area contributed by atoms with Crippen molar-refractivity contribution in [2.24, 2.45) is 0 Å². The van der Waals surface area contributed by atoms with Crippen LogP contribution >= 0.6 is 23.4 Å². The fourth-order valence-corrected chi connectivity index (χ4v) is 4.67. The summed E-state index contributed by atoms with van der Waals surface area (Å²) < 4.78 is 24.2. The molecule has 3 heterocycles. The van der Waals surface area contributed by atoms with Crippen molar-refractivity contribution < 1.29 is 8.42 Å². The van der Waals surface area contributed by atoms with Gasteiger partial charge < -0.3 is 0 Å². The molecule has 9 heteroatoms. The fourth-order valence-electron chi connectivity index (χ4n) is 3.19. The molecule has 6 nitrogen and oxygen atoms in total. The van der Waals surface area contributed by atoms with Crippen LogP contribution in [0.1, 0.15) is 30.0 Å². The summed E-state index contributed by atoms with van der Waals surface area (Å²) in [6, 6.07) is 1.51. The Labute approximate surface area is 163 Å². The molecule has 0 N–H and O–H groups in total. The quantitative estimate of drug-likeness (QED) is 0.551. The number of hydrogen-bond donors (Lipinski definition) is 0. The molecule has 0 aliphatic carbocycles. The first-order valence-electron chi connectivity index (χ1n) is 8.29. The molecule has 1 saturated heterocycles. The Balaban J connectivity index is 1.67. The van der Waals surface area contributed by atoms with E-state index in [0.717, 1.165) is 43.2 Å². The van der Waals surface area contributed by atoms with Crippen LogP contribution in [0, 0.1) is 0 Å². The summed E-state index contributed by atoms with van der Waals surface area (Å²) in [6.07, 6.45) is 10.2. The molecule has 0 amide bonds. The van der Waals surface area contributed by atoms with Gasteiger partial charge in [0.25, 0.3) is 0 Å². The number of thioether (sulfide) groups is 1. The van der Waals surface area contributed by atoms with Crippen molar-refractivity contribution >= 4 is 33.2 Å². The highest BCUT2D eigenvalue weighted by atomic mass is 35.5. The SMILES string of the molecule is CSc1ncc(CN2CCC(c3ncc(Cl)cc3S(C)(=O)=O)CC2)cn1. The molecule has 0 atom stereocenters. The molecule has 0 spiro atoms. The van der Waals surface area contributed by atoms with E-state index in [-0.39, 0.29) is 10.8 Å². The Hall–Kier alpha value is -1.22. The first kappa shape index (κ1) is 19.5. The smallest absolute Gasteiger partial charge is 0.187 e. The minimum atomic E-state index is -3.35. The van der Waals surface area contributed by atoms with E-state index in [1.807, 2.05) is 18.6 Å². The van der Waals surface area contributed by atoms with Gasteiger partial charge in [0, 0.05) is 42.9 Å². The molecule has 0 radical (unpaired) electrons. The molecule has 3 rings (SSSR count). The number of rotatable bonds is 5. The Kier molecular flexibility index (Phi) is 6.17. The van der Waals surface area contributed by atoms with E-state index in [1.54, 1.807) is 0 Å². The predicted octanol–water partition coefficient (Wildman–Crippen LogP) is 3.03. The van der Waals surface area contributed by atoms with E-state index in [2.05, 4.69) is 19.9 Å². The van der Waals surface area contributed by atoms with Gasteiger partial charge in [-0.15, -0.1) is 0 Å². The molecule has 1 aliphatic heterocycles. The number of aromatic nitrogens is 3. The van der Waals surface area contributed by atoms with Crippen molar-refractivity contribution in [2.75, 3.05) is 25.6 Å². The van der Waals surface area contributed by atoms with Crippen molar-refractivity contribution in [3.63, 3.8) is 0 Å². The van der Waals surface area contributed by atoms with Gasteiger partial charge in [0.05, 0.1) is 15.6 Å². The third-order valence-corrected chi connectivity index (χ3v) is 6.40. The van der Waals surface area contributed by atoms with Crippen molar-refractivity contribution in [3.8, 4) is 0 Å². The third-order valence-electron chi connectivity index (χ3n) is 4.49. The topological polar surface area (TPSA) is 76.1 Å². The van der Waals surface area contributed by atoms with Crippen LogP contribution in [-0.4, -0.2) is 53.9 Å². The van der Waals surface area contributed by atoms with Gasteiger partial charge in [-0.25, -0.2) is 18.4 Å². The second kappa shape index (κ2) is 8.21. The molecule has 2 aromatic rings. The lowest BCUT2D eigenvalue weighted by atomic mass is 9.93. The lowest BCUT2D eigenvalue weighted by Gasteiger charge is -2.32. The number of pyridine rings is 1. The molecular weight excluding hydrogens is 392 g/mol. The average Bonchev–Trinajstić information content (AvgIpc) is 2.62. The Morgan fingerprint density at radius 2 is 1.85 bits per heavy atom. The van der Waals surface area contributed by atoms with Crippen molar-refractivity contribution in [2.45, 2.75) is 35.4 Å². The van der Waals surface area contributed by atoms with Crippen molar-refractivity contribution in [3.05, 3.63) is 40.9 Å². The second-order valence-electron chi connectivity index (χ2n) is 6.44. The van der Waals surface area contributed by atoms with Gasteiger partial charge in [0.15, 0.2) is 15.0 Å². The second-order valence-corrected chi connectivity index (χ2v) is 9.63. The summed E-state index contributed by atoms with van der Waals surface area (Å²) in [5, 5.41) is 1.12. The van der Waals surface area contributed by atoms with E-state index in [1.165, 1.54) is 30.3 Å². The maximum absolute atomic E-state index is 12.1. The van der Waals surface area contributed by atoms with Crippen LogP contribution in [0.2, 0.25) is 5.02 Å². The third kappa shape index (κ3) is 4.73. The number of piperidine rings is 1. The van der Waals surface area contributed by atoms with Gasteiger partial charge in [0.2, 0.25) is 0 Å². The summed E-state index contributed by atoms with van der Waals surface area (Å²) in [6.45, 7) is 2.55. The highest BCUT2D eigenvalue weighted by Crippen LogP contribution is 2.32. The molecule has 1 fully saturated rings. The fraction of sp³-hybridized carbons (Fsp3) is 0.471. The van der Waals surface area contributed by atoms with E-state index in [0.29, 0.717) is 10.7 Å². The summed E-state index contributed by atoms with van der Waals surface area (Å²) in [5.41, 5.74) is 1.73. The minimum Gasteiger partial charge on any atom is -0.299 e. The number of halogens is 1. The highest BCUT2D eigenvalue weighted by molar-refractivity contribution is 7.98. The summed E-state index contributed by atoms with van der Waals surface area (Å²) >= 11 is 7.47. The first-order chi connectivity index (χ1) is 12.4. The van der Waals surface area contributed by atoms with Crippen LogP contribution in [0.4, 0.5) is 0 Å². The van der Waals surface area contributed by atoms with Gasteiger partial charge in [-0.1, -0.05) is 23.4 Å². The summed E-state index contributed by atoms with van der Waals surface area (Å²) in [5.74, 6) is 0.128. The zero-order valence-electron chi connectivity index (χ0n) is 14.7. The normalized spacial score (nSPS) is 16.7. The molecule has 2 aromatic heterocycles. The number of sulfone groups is 1. The molecule has 140 valence electrons. The lowest BCUT2D eigenvalue weighted by Crippen LogP contribution is -2.33. The monoisotopic (exact) mass is 412 g/mol. The molecule has 1 aliphatic rings. The van der Waals surface area contributed by atoms with Gasteiger partial charge in [-0.05, 0) is 38.3 Å². The Morgan fingerprint density at radius 1 is 1.19 bits per heavy atom. The Morgan fingerprint density at radius 3 is 2.42 bits per heavy atom. The van der Waals surface area contributed by atoms with Gasteiger partial charge in [-0.3, -0.25) is 9.88 Å². The van der Waals surface area contributed by atoms with Crippen LogP contribution in [-0.2, 0) is 16.4 Å². The van der Waals surface area contributed by atoms with Crippen LogP contribution in [0.3, 0.4) is 0 Å². The molecular formula is C17H21ClN4O2S2. The van der Waals surface area contributed by atoms with E-state index in [4.69, 9.17) is 11.6 Å². The van der Waals surface area contributed by atoms with Crippen LogP contribution < -0.4 is 0 Å². The maximum Gasteiger partial charge on any atom is 0.187 e. The molecule has 0 saturated carbocycles. The molecule has 0 unspecified atom stereocenters. The predicted molar refractivity (Wildman–Crippen MR) is 103 cm³/mol.